The van der Waals surface area contributed by atoms with E-state index in [1.165, 1.54) is 0 Å². The second-order valence-corrected chi connectivity index (χ2v) is 6.69. The maximum atomic E-state index is 12.7. The zero-order chi connectivity index (χ0) is 18.5. The summed E-state index contributed by atoms with van der Waals surface area (Å²) in [6, 6.07) is 2.14. The van der Waals surface area contributed by atoms with E-state index >= 15 is 0 Å². The van der Waals surface area contributed by atoms with E-state index in [-0.39, 0.29) is 13.0 Å². The van der Waals surface area contributed by atoms with E-state index in [0.29, 0.717) is 6.07 Å². The zero-order valence-corrected chi connectivity index (χ0v) is 13.8. The molecule has 1 aromatic rings. The number of nitrogens with one attached hydrogen (secondary N) is 3. The summed E-state index contributed by atoms with van der Waals surface area (Å²) in [5.41, 5.74) is 2.72. The van der Waals surface area contributed by atoms with Crippen LogP contribution in [-0.2, 0) is 25.8 Å². The van der Waals surface area contributed by atoms with Crippen molar-refractivity contribution >= 4 is 33.4 Å². The third-order valence-corrected chi connectivity index (χ3v) is 4.36. The molecule has 0 saturated carbocycles. The van der Waals surface area contributed by atoms with Crippen LogP contribution in [-0.4, -0.2) is 26.8 Å². The topological polar surface area (TPSA) is 104 Å². The number of sulfonamides is 1. The van der Waals surface area contributed by atoms with Gasteiger partial charge in [-0.3, -0.25) is 20.4 Å². The Balaban J connectivity index is 2.76. The van der Waals surface area contributed by atoms with E-state index in [1.807, 2.05) is 15.6 Å². The van der Waals surface area contributed by atoms with Crippen molar-refractivity contribution in [1.82, 2.24) is 15.6 Å². The highest BCUT2D eigenvalue weighted by atomic mass is 35.5. The van der Waals surface area contributed by atoms with Gasteiger partial charge in [0.05, 0.1) is 15.5 Å². The first-order valence-electron chi connectivity index (χ1n) is 6.35. The number of hydrazine groups is 1. The lowest BCUT2D eigenvalue weighted by Gasteiger charge is -2.12. The Bertz CT molecular complexity index is 738. The average Bonchev–Trinajstić information content (AvgIpc) is 2.43. The van der Waals surface area contributed by atoms with Gasteiger partial charge in [0.1, 0.15) is 0 Å². The van der Waals surface area contributed by atoms with Gasteiger partial charge in [0, 0.05) is 19.9 Å². The van der Waals surface area contributed by atoms with Crippen LogP contribution < -0.4 is 15.6 Å². The molecule has 24 heavy (non-hydrogen) atoms. The molecule has 3 N–H and O–H groups in total. The van der Waals surface area contributed by atoms with E-state index in [0.717, 1.165) is 19.1 Å². The summed E-state index contributed by atoms with van der Waals surface area (Å²) < 4.78 is 64.1. The SMILES string of the molecule is CC(=O)NNC(=O)CCNS(=O)(=O)c1ccc(Cl)c(C(F)(F)F)c1. The first-order chi connectivity index (χ1) is 10.9. The molecule has 0 aliphatic rings. The van der Waals surface area contributed by atoms with Gasteiger partial charge in [0.15, 0.2) is 0 Å². The predicted molar refractivity (Wildman–Crippen MR) is 78.2 cm³/mol. The molecule has 1 aromatic carbocycles. The number of benzene rings is 1. The summed E-state index contributed by atoms with van der Waals surface area (Å²) in [7, 11) is -4.26. The van der Waals surface area contributed by atoms with Crippen LogP contribution in [0.25, 0.3) is 0 Å². The Morgan fingerprint density at radius 1 is 1.21 bits per heavy atom. The number of halogens is 4. The van der Waals surface area contributed by atoms with Crippen molar-refractivity contribution in [1.29, 1.82) is 0 Å². The van der Waals surface area contributed by atoms with Crippen LogP contribution in [0, 0.1) is 0 Å². The third-order valence-electron chi connectivity index (χ3n) is 2.58. The fourth-order valence-corrected chi connectivity index (χ4v) is 2.77. The first-order valence-corrected chi connectivity index (χ1v) is 8.21. The normalized spacial score (nSPS) is 11.9. The van der Waals surface area contributed by atoms with Gasteiger partial charge in [-0.2, -0.15) is 13.2 Å². The fraction of sp³-hybridized carbons (Fsp3) is 0.333. The van der Waals surface area contributed by atoms with Crippen molar-refractivity contribution in [3.8, 4) is 0 Å². The summed E-state index contributed by atoms with van der Waals surface area (Å²) >= 11 is 5.41. The van der Waals surface area contributed by atoms with Gasteiger partial charge in [-0.05, 0) is 18.2 Å². The van der Waals surface area contributed by atoms with Gasteiger partial charge in [-0.1, -0.05) is 11.6 Å². The molecule has 0 aliphatic carbocycles. The van der Waals surface area contributed by atoms with Crippen molar-refractivity contribution in [3.05, 3.63) is 28.8 Å². The lowest BCUT2D eigenvalue weighted by Crippen LogP contribution is -2.41. The second kappa shape index (κ2) is 7.81. The highest BCUT2D eigenvalue weighted by molar-refractivity contribution is 7.89. The smallest absolute Gasteiger partial charge is 0.274 e. The van der Waals surface area contributed by atoms with Crippen LogP contribution in [0.4, 0.5) is 13.2 Å². The monoisotopic (exact) mass is 387 g/mol. The standard InChI is InChI=1S/C12H13ClF3N3O4S/c1-7(20)18-19-11(21)4-5-17-24(22,23)8-2-3-10(13)9(6-8)12(14,15)16/h2-3,6,17H,4-5H2,1H3,(H,18,20)(H,19,21). The Morgan fingerprint density at radius 2 is 1.83 bits per heavy atom. The molecule has 1 rings (SSSR count). The van der Waals surface area contributed by atoms with Crippen molar-refractivity contribution in [2.24, 2.45) is 0 Å². The Kier molecular flexibility index (Phi) is 6.58. The minimum atomic E-state index is -4.80. The molecule has 0 aromatic heterocycles. The number of carbonyl (C=O) groups is 2. The van der Waals surface area contributed by atoms with E-state index in [1.54, 1.807) is 0 Å². The molecule has 0 aliphatic heterocycles. The minimum absolute atomic E-state index is 0.334. The van der Waals surface area contributed by atoms with Crippen molar-refractivity contribution < 1.29 is 31.2 Å². The molecule has 0 fully saturated rings. The minimum Gasteiger partial charge on any atom is -0.274 e. The average molecular weight is 388 g/mol. The molecule has 0 spiro atoms. The van der Waals surface area contributed by atoms with Crippen LogP contribution in [0.2, 0.25) is 5.02 Å². The zero-order valence-electron chi connectivity index (χ0n) is 12.2. The largest absolute Gasteiger partial charge is 0.417 e. The molecule has 12 heteroatoms. The van der Waals surface area contributed by atoms with Crippen molar-refractivity contribution in [3.63, 3.8) is 0 Å². The molecular weight excluding hydrogens is 375 g/mol. The molecule has 0 unspecified atom stereocenters. The van der Waals surface area contributed by atoms with Crippen LogP contribution in [0.5, 0.6) is 0 Å². The Labute approximate surface area is 140 Å². The molecular formula is C12H13ClF3N3O4S. The molecule has 7 nitrogen and oxygen atoms in total. The summed E-state index contributed by atoms with van der Waals surface area (Å²) in [6.07, 6.45) is -5.14. The molecule has 134 valence electrons. The maximum absolute atomic E-state index is 12.7. The van der Waals surface area contributed by atoms with E-state index in [4.69, 9.17) is 11.6 Å². The van der Waals surface area contributed by atoms with Crippen molar-refractivity contribution in [2.45, 2.75) is 24.4 Å². The summed E-state index contributed by atoms with van der Waals surface area (Å²) in [4.78, 5) is 21.2. The molecule has 0 radical (unpaired) electrons. The quantitative estimate of drug-likeness (QED) is 0.660. The number of hydrogen-bond acceptors (Lipinski definition) is 4. The predicted octanol–water partition coefficient (Wildman–Crippen LogP) is 1.19. The van der Waals surface area contributed by atoms with Crippen LogP contribution in [0.15, 0.2) is 23.1 Å². The molecule has 0 saturated heterocycles. The highest BCUT2D eigenvalue weighted by Gasteiger charge is 2.34. The molecule has 0 atom stereocenters. The van der Waals surface area contributed by atoms with E-state index < -0.39 is 43.5 Å². The number of hydrogen-bond donors (Lipinski definition) is 3. The number of carbonyl (C=O) groups excluding carboxylic acids is 2. The number of alkyl halides is 3. The van der Waals surface area contributed by atoms with Crippen LogP contribution in [0.3, 0.4) is 0 Å². The van der Waals surface area contributed by atoms with Gasteiger partial charge in [0.25, 0.3) is 0 Å². The van der Waals surface area contributed by atoms with Crippen LogP contribution in [0.1, 0.15) is 18.9 Å². The van der Waals surface area contributed by atoms with Gasteiger partial charge >= 0.3 is 6.18 Å². The fourth-order valence-electron chi connectivity index (χ4n) is 1.49. The van der Waals surface area contributed by atoms with Gasteiger partial charge in [-0.15, -0.1) is 0 Å². The van der Waals surface area contributed by atoms with Gasteiger partial charge < -0.3 is 0 Å². The third kappa shape index (κ3) is 5.98. The first kappa shape index (κ1) is 20.2. The molecule has 0 heterocycles. The Morgan fingerprint density at radius 3 is 2.38 bits per heavy atom. The number of amides is 2. The van der Waals surface area contributed by atoms with Gasteiger partial charge in [0.2, 0.25) is 21.8 Å². The summed E-state index contributed by atoms with van der Waals surface area (Å²) in [6.45, 7) is 0.777. The van der Waals surface area contributed by atoms with Crippen molar-refractivity contribution in [2.75, 3.05) is 6.54 Å². The second-order valence-electron chi connectivity index (χ2n) is 4.52. The molecule has 0 bridgehead atoms. The van der Waals surface area contributed by atoms with Crippen LogP contribution >= 0.6 is 11.6 Å². The lowest BCUT2D eigenvalue weighted by atomic mass is 10.2. The summed E-state index contributed by atoms with van der Waals surface area (Å²) in [5.74, 6) is -1.20. The number of rotatable bonds is 5. The van der Waals surface area contributed by atoms with E-state index in [2.05, 4.69) is 0 Å². The Hall–Kier alpha value is -1.85. The summed E-state index contributed by atoms with van der Waals surface area (Å²) in [5, 5.41) is -0.629. The van der Waals surface area contributed by atoms with Gasteiger partial charge in [-0.25, -0.2) is 13.1 Å². The maximum Gasteiger partial charge on any atom is 0.417 e. The highest BCUT2D eigenvalue weighted by Crippen LogP contribution is 2.35. The van der Waals surface area contributed by atoms with E-state index in [9.17, 15) is 31.2 Å². The lowest BCUT2D eigenvalue weighted by molar-refractivity contribution is -0.137. The molecule has 2 amide bonds.